The molecule has 0 aliphatic heterocycles. The smallest absolute Gasteiger partial charge is 0.227 e. The summed E-state index contributed by atoms with van der Waals surface area (Å²) in [6.07, 6.45) is 0. The minimum Gasteiger partial charge on any atom is -0.456 e. The summed E-state index contributed by atoms with van der Waals surface area (Å²) in [5.41, 5.74) is 9.02. The molecule has 0 radical (unpaired) electrons. The van der Waals surface area contributed by atoms with Gasteiger partial charge in [0.25, 0.3) is 0 Å². The van der Waals surface area contributed by atoms with Crippen LogP contribution < -0.4 is 4.90 Å². The summed E-state index contributed by atoms with van der Waals surface area (Å²) in [6.45, 7) is 0. The van der Waals surface area contributed by atoms with Crippen molar-refractivity contribution in [1.29, 1.82) is 0 Å². The zero-order valence-electron chi connectivity index (χ0n) is 21.9. The second-order valence-electron chi connectivity index (χ2n) is 10.3. The van der Waals surface area contributed by atoms with Crippen molar-refractivity contribution in [1.82, 2.24) is 4.98 Å². The molecule has 4 heteroatoms. The highest BCUT2D eigenvalue weighted by molar-refractivity contribution is 6.19. The van der Waals surface area contributed by atoms with Gasteiger partial charge < -0.3 is 13.7 Å². The van der Waals surface area contributed by atoms with Crippen LogP contribution in [0.25, 0.3) is 66.7 Å². The van der Waals surface area contributed by atoms with Crippen molar-refractivity contribution in [2.45, 2.75) is 0 Å². The topological polar surface area (TPSA) is 42.4 Å². The van der Waals surface area contributed by atoms with Crippen LogP contribution in [0.4, 0.5) is 17.1 Å². The second kappa shape index (κ2) is 8.44. The monoisotopic (exact) mass is 526 g/mol. The molecule has 192 valence electrons. The third kappa shape index (κ3) is 3.19. The van der Waals surface area contributed by atoms with Gasteiger partial charge in [-0.2, -0.15) is 0 Å². The molecule has 2 heterocycles. The van der Waals surface area contributed by atoms with E-state index < -0.39 is 0 Å². The Morgan fingerprint density at radius 1 is 0.488 bits per heavy atom. The van der Waals surface area contributed by atoms with Crippen LogP contribution in [-0.4, -0.2) is 4.98 Å². The number of anilines is 3. The van der Waals surface area contributed by atoms with Gasteiger partial charge in [-0.15, -0.1) is 0 Å². The molecule has 0 fully saturated rings. The fourth-order valence-corrected chi connectivity index (χ4v) is 6.29. The summed E-state index contributed by atoms with van der Waals surface area (Å²) < 4.78 is 12.7. The lowest BCUT2D eigenvalue weighted by Crippen LogP contribution is -2.10. The van der Waals surface area contributed by atoms with E-state index in [0.29, 0.717) is 5.89 Å². The normalized spacial score (nSPS) is 11.9. The standard InChI is InChI=1S/C37H22N2O2/c1-3-11-23(12-4-1)37-38-35-27-21-22-29(25-16-9-17-28(33(25)27)36(35)41-37)39(24-13-5-2-6-14-24)30-18-10-20-32-34(30)26-15-7-8-19-31(26)40-32/h1-22H. The second-order valence-corrected chi connectivity index (χ2v) is 10.3. The van der Waals surface area contributed by atoms with Gasteiger partial charge in [0.2, 0.25) is 5.89 Å². The van der Waals surface area contributed by atoms with Gasteiger partial charge in [-0.3, -0.25) is 0 Å². The van der Waals surface area contributed by atoms with Gasteiger partial charge in [-0.25, -0.2) is 4.98 Å². The molecule has 4 nitrogen and oxygen atoms in total. The van der Waals surface area contributed by atoms with Crippen LogP contribution in [-0.2, 0) is 0 Å². The Labute approximate surface area is 235 Å². The molecule has 0 N–H and O–H groups in total. The SMILES string of the molecule is c1ccc(-c2nc3c(o2)-c2cccc4c(N(c5ccccc5)c5cccc6oc7ccccc7c56)ccc-3c24)cc1. The van der Waals surface area contributed by atoms with E-state index in [9.17, 15) is 0 Å². The van der Waals surface area contributed by atoms with Gasteiger partial charge >= 0.3 is 0 Å². The van der Waals surface area contributed by atoms with Crippen molar-refractivity contribution in [2.75, 3.05) is 4.90 Å². The van der Waals surface area contributed by atoms with Crippen molar-refractivity contribution >= 4 is 49.8 Å². The molecule has 2 aromatic heterocycles. The van der Waals surface area contributed by atoms with Crippen molar-refractivity contribution in [3.8, 4) is 34.0 Å². The van der Waals surface area contributed by atoms with Crippen LogP contribution in [0.15, 0.2) is 142 Å². The summed E-state index contributed by atoms with van der Waals surface area (Å²) in [5, 5.41) is 4.50. The van der Waals surface area contributed by atoms with Crippen LogP contribution in [0.1, 0.15) is 0 Å². The van der Waals surface area contributed by atoms with Gasteiger partial charge in [0.1, 0.15) is 16.9 Å². The van der Waals surface area contributed by atoms with Gasteiger partial charge in [0, 0.05) is 38.5 Å². The Hall–Kier alpha value is -5.61. The first-order valence-electron chi connectivity index (χ1n) is 13.7. The minimum atomic E-state index is 0.645. The molecule has 0 saturated heterocycles. The zero-order chi connectivity index (χ0) is 26.9. The fourth-order valence-electron chi connectivity index (χ4n) is 6.29. The molecule has 1 aliphatic carbocycles. The molecule has 0 bridgehead atoms. The Morgan fingerprint density at radius 2 is 1.22 bits per heavy atom. The lowest BCUT2D eigenvalue weighted by atomic mass is 10.00. The van der Waals surface area contributed by atoms with Crippen LogP contribution in [0.3, 0.4) is 0 Å². The Balaban J connectivity index is 1.30. The molecule has 1 aliphatic rings. The van der Waals surface area contributed by atoms with E-state index in [1.54, 1.807) is 0 Å². The maximum absolute atomic E-state index is 6.41. The summed E-state index contributed by atoms with van der Waals surface area (Å²) in [5.74, 6) is 1.47. The number of benzene rings is 6. The number of hydrogen-bond donors (Lipinski definition) is 0. The molecule has 6 aromatic carbocycles. The predicted molar refractivity (Wildman–Crippen MR) is 166 cm³/mol. The predicted octanol–water partition coefficient (Wildman–Crippen LogP) is 10.5. The van der Waals surface area contributed by atoms with Gasteiger partial charge in [-0.1, -0.05) is 78.9 Å². The first-order chi connectivity index (χ1) is 20.3. The molecule has 0 spiro atoms. The molecular weight excluding hydrogens is 504 g/mol. The first-order valence-corrected chi connectivity index (χ1v) is 13.7. The first kappa shape index (κ1) is 22.2. The molecule has 0 atom stereocenters. The number of nitrogens with zero attached hydrogens (tertiary/aromatic N) is 2. The molecule has 9 rings (SSSR count). The number of rotatable bonds is 4. The van der Waals surface area contributed by atoms with Gasteiger partial charge in [-0.05, 0) is 54.6 Å². The molecule has 0 amide bonds. The minimum absolute atomic E-state index is 0.645. The largest absolute Gasteiger partial charge is 0.456 e. The maximum atomic E-state index is 6.41. The molecule has 0 unspecified atom stereocenters. The van der Waals surface area contributed by atoms with E-state index in [2.05, 4.69) is 89.8 Å². The van der Waals surface area contributed by atoms with Crippen LogP contribution >= 0.6 is 0 Å². The van der Waals surface area contributed by atoms with Crippen LogP contribution in [0.2, 0.25) is 0 Å². The van der Waals surface area contributed by atoms with Crippen LogP contribution in [0.5, 0.6) is 0 Å². The average Bonchev–Trinajstić information content (AvgIpc) is 3.72. The summed E-state index contributed by atoms with van der Waals surface area (Å²) >= 11 is 0. The number of oxazole rings is 1. The van der Waals surface area contributed by atoms with Crippen molar-refractivity contribution in [2.24, 2.45) is 0 Å². The Kier molecular flexibility index (Phi) is 4.58. The number of hydrogen-bond acceptors (Lipinski definition) is 4. The lowest BCUT2D eigenvalue weighted by Gasteiger charge is -2.27. The van der Waals surface area contributed by atoms with Crippen molar-refractivity contribution in [3.63, 3.8) is 0 Å². The maximum Gasteiger partial charge on any atom is 0.227 e. The molecule has 0 saturated carbocycles. The van der Waals surface area contributed by atoms with E-state index in [0.717, 1.165) is 77.9 Å². The van der Waals surface area contributed by atoms with Crippen LogP contribution in [0, 0.1) is 0 Å². The zero-order valence-corrected chi connectivity index (χ0v) is 21.9. The molecule has 8 aromatic rings. The summed E-state index contributed by atoms with van der Waals surface area (Å²) in [6, 6.07) is 46.0. The quantitative estimate of drug-likeness (QED) is 0.229. The third-order valence-electron chi connectivity index (χ3n) is 8.04. The highest BCUT2D eigenvalue weighted by Crippen LogP contribution is 2.52. The lowest BCUT2D eigenvalue weighted by molar-refractivity contribution is 0.590. The van der Waals surface area contributed by atoms with Gasteiger partial charge in [0.05, 0.1) is 16.8 Å². The highest BCUT2D eigenvalue weighted by atomic mass is 16.4. The van der Waals surface area contributed by atoms with E-state index in [1.807, 2.05) is 48.5 Å². The number of fused-ring (bicyclic) bond motifs is 6. The number of para-hydroxylation sites is 2. The Bertz CT molecular complexity index is 2230. The van der Waals surface area contributed by atoms with E-state index in [4.69, 9.17) is 13.8 Å². The molecular formula is C37H22N2O2. The number of furan rings is 1. The van der Waals surface area contributed by atoms with E-state index in [-0.39, 0.29) is 0 Å². The molecule has 41 heavy (non-hydrogen) atoms. The average molecular weight is 527 g/mol. The summed E-state index contributed by atoms with van der Waals surface area (Å²) in [7, 11) is 0. The van der Waals surface area contributed by atoms with Gasteiger partial charge in [0.15, 0.2) is 5.76 Å². The highest BCUT2D eigenvalue weighted by Gasteiger charge is 2.30. The van der Waals surface area contributed by atoms with Crippen molar-refractivity contribution in [3.05, 3.63) is 133 Å². The third-order valence-corrected chi connectivity index (χ3v) is 8.04. The Morgan fingerprint density at radius 3 is 2.10 bits per heavy atom. The number of aromatic nitrogens is 1. The summed E-state index contributed by atoms with van der Waals surface area (Å²) in [4.78, 5) is 7.31. The van der Waals surface area contributed by atoms with Crippen molar-refractivity contribution < 1.29 is 8.83 Å². The van der Waals surface area contributed by atoms with E-state index >= 15 is 0 Å². The fraction of sp³-hybridized carbons (Fsp3) is 0. The van der Waals surface area contributed by atoms with E-state index in [1.165, 1.54) is 0 Å².